The number of hydrogen-bond acceptors (Lipinski definition) is 2. The summed E-state index contributed by atoms with van der Waals surface area (Å²) in [4.78, 5) is 14.3. The summed E-state index contributed by atoms with van der Waals surface area (Å²) in [6.07, 6.45) is 2.97. The zero-order chi connectivity index (χ0) is 14.0. The van der Waals surface area contributed by atoms with Gasteiger partial charge in [0.2, 0.25) is 0 Å². The topological polar surface area (TPSA) is 46.3 Å². The first-order valence-electron chi connectivity index (χ1n) is 6.52. The van der Waals surface area contributed by atoms with Crippen LogP contribution >= 0.6 is 11.6 Å². The molecule has 1 aliphatic heterocycles. The Labute approximate surface area is 117 Å². The molecule has 1 heterocycles. The number of halogens is 2. The number of carbonyl (C=O) groups is 1. The summed E-state index contributed by atoms with van der Waals surface area (Å²) in [5, 5.41) is -0.0276. The van der Waals surface area contributed by atoms with Crippen molar-refractivity contribution in [2.75, 3.05) is 6.54 Å². The lowest BCUT2D eigenvalue weighted by Gasteiger charge is -2.38. The van der Waals surface area contributed by atoms with Crippen LogP contribution < -0.4 is 5.73 Å². The summed E-state index contributed by atoms with van der Waals surface area (Å²) in [7, 11) is 0. The molecule has 2 N–H and O–H groups in total. The second kappa shape index (κ2) is 5.88. The molecular weight excluding hydrogens is 267 g/mol. The minimum Gasteiger partial charge on any atom is -0.334 e. The SMILES string of the molecule is CC(N)C1CCCCN1C(=O)c1ccc(F)c(Cl)c1. The van der Waals surface area contributed by atoms with Gasteiger partial charge in [-0.15, -0.1) is 0 Å². The van der Waals surface area contributed by atoms with E-state index < -0.39 is 5.82 Å². The number of rotatable bonds is 2. The minimum atomic E-state index is -0.513. The van der Waals surface area contributed by atoms with Crippen molar-refractivity contribution in [2.24, 2.45) is 5.73 Å². The first-order chi connectivity index (χ1) is 9.00. The van der Waals surface area contributed by atoms with E-state index in [2.05, 4.69) is 0 Å². The van der Waals surface area contributed by atoms with Gasteiger partial charge in [0, 0.05) is 24.2 Å². The van der Waals surface area contributed by atoms with E-state index >= 15 is 0 Å². The summed E-state index contributed by atoms with van der Waals surface area (Å²) in [5.41, 5.74) is 6.36. The standard InChI is InChI=1S/C14H18ClFN2O/c1-9(17)13-4-2-3-7-18(13)14(19)10-5-6-12(16)11(15)8-10/h5-6,8-9,13H,2-4,7,17H2,1H3. The van der Waals surface area contributed by atoms with E-state index in [1.807, 2.05) is 6.92 Å². The molecule has 1 aromatic rings. The van der Waals surface area contributed by atoms with Gasteiger partial charge in [-0.3, -0.25) is 4.79 Å². The lowest BCUT2D eigenvalue weighted by Crippen LogP contribution is -2.51. The number of likely N-dealkylation sites (tertiary alicyclic amines) is 1. The third-order valence-electron chi connectivity index (χ3n) is 3.58. The number of nitrogens with two attached hydrogens (primary N) is 1. The van der Waals surface area contributed by atoms with E-state index in [1.54, 1.807) is 4.90 Å². The second-order valence-electron chi connectivity index (χ2n) is 5.05. The van der Waals surface area contributed by atoms with Crippen molar-refractivity contribution >= 4 is 17.5 Å². The van der Waals surface area contributed by atoms with Crippen LogP contribution in [0, 0.1) is 5.82 Å². The number of hydrogen-bond donors (Lipinski definition) is 1. The largest absolute Gasteiger partial charge is 0.334 e. The molecule has 1 saturated heterocycles. The average Bonchev–Trinajstić information content (AvgIpc) is 2.41. The van der Waals surface area contributed by atoms with E-state index in [-0.39, 0.29) is 23.0 Å². The maximum Gasteiger partial charge on any atom is 0.254 e. The number of amides is 1. The summed E-state index contributed by atoms with van der Waals surface area (Å²) in [6.45, 7) is 2.61. The Morgan fingerprint density at radius 2 is 2.26 bits per heavy atom. The van der Waals surface area contributed by atoms with Gasteiger partial charge >= 0.3 is 0 Å². The highest BCUT2D eigenvalue weighted by Gasteiger charge is 2.29. The minimum absolute atomic E-state index is 0.0276. The smallest absolute Gasteiger partial charge is 0.254 e. The molecule has 0 aromatic heterocycles. The molecule has 1 aliphatic rings. The van der Waals surface area contributed by atoms with Crippen LogP contribution in [0.3, 0.4) is 0 Å². The Morgan fingerprint density at radius 3 is 2.89 bits per heavy atom. The van der Waals surface area contributed by atoms with Crippen molar-refractivity contribution < 1.29 is 9.18 Å². The Morgan fingerprint density at radius 1 is 1.53 bits per heavy atom. The van der Waals surface area contributed by atoms with Crippen molar-refractivity contribution in [3.63, 3.8) is 0 Å². The fourth-order valence-corrected chi connectivity index (χ4v) is 2.73. The predicted molar refractivity (Wildman–Crippen MR) is 73.7 cm³/mol. The Bertz CT molecular complexity index is 479. The van der Waals surface area contributed by atoms with Crippen molar-refractivity contribution in [1.29, 1.82) is 0 Å². The Kier molecular flexibility index (Phi) is 4.42. The second-order valence-corrected chi connectivity index (χ2v) is 5.46. The van der Waals surface area contributed by atoms with Crippen LogP contribution in [0.1, 0.15) is 36.5 Å². The van der Waals surface area contributed by atoms with Crippen molar-refractivity contribution in [3.05, 3.63) is 34.6 Å². The molecule has 0 spiro atoms. The fourth-order valence-electron chi connectivity index (χ4n) is 2.55. The highest BCUT2D eigenvalue weighted by molar-refractivity contribution is 6.31. The first-order valence-corrected chi connectivity index (χ1v) is 6.90. The van der Waals surface area contributed by atoms with Crippen molar-refractivity contribution in [1.82, 2.24) is 4.90 Å². The third-order valence-corrected chi connectivity index (χ3v) is 3.87. The number of piperidine rings is 1. The van der Waals surface area contributed by atoms with Crippen molar-refractivity contribution in [3.8, 4) is 0 Å². The highest BCUT2D eigenvalue weighted by Crippen LogP contribution is 2.23. The van der Waals surface area contributed by atoms with Crippen LogP contribution in [-0.4, -0.2) is 29.4 Å². The molecule has 1 fully saturated rings. The lowest BCUT2D eigenvalue weighted by molar-refractivity contribution is 0.0584. The molecule has 2 unspecified atom stereocenters. The fraction of sp³-hybridized carbons (Fsp3) is 0.500. The van der Waals surface area contributed by atoms with E-state index in [0.29, 0.717) is 12.1 Å². The number of benzene rings is 1. The molecule has 1 amide bonds. The molecule has 0 radical (unpaired) electrons. The lowest BCUT2D eigenvalue weighted by atomic mass is 9.96. The van der Waals surface area contributed by atoms with Gasteiger partial charge in [-0.25, -0.2) is 4.39 Å². The monoisotopic (exact) mass is 284 g/mol. The molecule has 19 heavy (non-hydrogen) atoms. The Hall–Kier alpha value is -1.13. The molecule has 5 heteroatoms. The van der Waals surface area contributed by atoms with Gasteiger partial charge in [0.15, 0.2) is 0 Å². The van der Waals surface area contributed by atoms with E-state index in [0.717, 1.165) is 19.3 Å². The molecule has 2 atom stereocenters. The van der Waals surface area contributed by atoms with Crippen LogP contribution in [0.15, 0.2) is 18.2 Å². The van der Waals surface area contributed by atoms with Gasteiger partial charge in [-0.05, 0) is 44.4 Å². The van der Waals surface area contributed by atoms with Crippen LogP contribution in [0.5, 0.6) is 0 Å². The summed E-state index contributed by atoms with van der Waals surface area (Å²) >= 11 is 5.73. The quantitative estimate of drug-likeness (QED) is 0.908. The summed E-state index contributed by atoms with van der Waals surface area (Å²) in [5.74, 6) is -0.635. The molecule has 0 saturated carbocycles. The van der Waals surface area contributed by atoms with Gasteiger partial charge in [0.25, 0.3) is 5.91 Å². The van der Waals surface area contributed by atoms with Gasteiger partial charge in [0.05, 0.1) is 5.02 Å². The van der Waals surface area contributed by atoms with Crippen LogP contribution in [0.2, 0.25) is 5.02 Å². The van der Waals surface area contributed by atoms with Gasteiger partial charge in [0.1, 0.15) is 5.82 Å². The van der Waals surface area contributed by atoms with Crippen LogP contribution in [0.25, 0.3) is 0 Å². The van der Waals surface area contributed by atoms with E-state index in [4.69, 9.17) is 17.3 Å². The van der Waals surface area contributed by atoms with Gasteiger partial charge in [-0.1, -0.05) is 11.6 Å². The summed E-state index contributed by atoms with van der Waals surface area (Å²) < 4.78 is 13.1. The Balaban J connectivity index is 2.23. The number of nitrogens with zero attached hydrogens (tertiary/aromatic N) is 1. The van der Waals surface area contributed by atoms with Crippen LogP contribution in [-0.2, 0) is 0 Å². The maximum atomic E-state index is 13.1. The molecule has 0 aliphatic carbocycles. The first kappa shape index (κ1) is 14.3. The average molecular weight is 285 g/mol. The normalized spacial score (nSPS) is 21.3. The highest BCUT2D eigenvalue weighted by atomic mass is 35.5. The maximum absolute atomic E-state index is 13.1. The van der Waals surface area contributed by atoms with E-state index in [1.165, 1.54) is 18.2 Å². The van der Waals surface area contributed by atoms with Gasteiger partial charge < -0.3 is 10.6 Å². The third kappa shape index (κ3) is 3.07. The van der Waals surface area contributed by atoms with Crippen molar-refractivity contribution in [2.45, 2.75) is 38.3 Å². The number of carbonyl (C=O) groups excluding carboxylic acids is 1. The van der Waals surface area contributed by atoms with Gasteiger partial charge in [-0.2, -0.15) is 0 Å². The molecule has 3 nitrogen and oxygen atoms in total. The molecule has 104 valence electrons. The zero-order valence-electron chi connectivity index (χ0n) is 10.9. The molecular formula is C14H18ClFN2O. The van der Waals surface area contributed by atoms with E-state index in [9.17, 15) is 9.18 Å². The summed E-state index contributed by atoms with van der Waals surface area (Å²) in [6, 6.07) is 4.05. The predicted octanol–water partition coefficient (Wildman–Crippen LogP) is 2.82. The molecule has 0 bridgehead atoms. The zero-order valence-corrected chi connectivity index (χ0v) is 11.7. The molecule has 2 rings (SSSR count). The molecule has 1 aromatic carbocycles. The van der Waals surface area contributed by atoms with Crippen LogP contribution in [0.4, 0.5) is 4.39 Å².